The van der Waals surface area contributed by atoms with Gasteiger partial charge in [0.25, 0.3) is 5.91 Å². The van der Waals surface area contributed by atoms with E-state index in [0.29, 0.717) is 16.7 Å². The molecule has 0 spiro atoms. The number of benzene rings is 3. The number of aryl methyl sites for hydroxylation is 2. The Labute approximate surface area is 187 Å². The molecule has 0 aliphatic carbocycles. The van der Waals surface area contributed by atoms with Gasteiger partial charge in [0, 0.05) is 0 Å². The van der Waals surface area contributed by atoms with E-state index in [1.165, 1.54) is 22.9 Å². The Morgan fingerprint density at radius 2 is 1.74 bits per heavy atom. The number of aliphatic imine (C=N–C) groups is 1. The van der Waals surface area contributed by atoms with Crippen molar-refractivity contribution in [3.8, 4) is 5.75 Å². The molecule has 1 N–H and O–H groups in total. The van der Waals surface area contributed by atoms with Gasteiger partial charge in [-0.05, 0) is 72.1 Å². The summed E-state index contributed by atoms with van der Waals surface area (Å²) in [6.07, 6.45) is 2.85. The van der Waals surface area contributed by atoms with Crippen LogP contribution in [0.1, 0.15) is 29.2 Å². The van der Waals surface area contributed by atoms with E-state index in [9.17, 15) is 4.79 Å². The van der Waals surface area contributed by atoms with Crippen LogP contribution in [0.4, 0.5) is 5.69 Å². The molecule has 0 saturated carbocycles. The molecule has 1 heterocycles. The van der Waals surface area contributed by atoms with Crippen LogP contribution in [0.3, 0.4) is 0 Å². The average Bonchev–Trinajstić information content (AvgIpc) is 3.12. The third-order valence-electron chi connectivity index (χ3n) is 4.91. The Morgan fingerprint density at radius 1 is 1.00 bits per heavy atom. The number of hydrogen-bond acceptors (Lipinski definition) is 4. The number of amidine groups is 1. The Bertz CT molecular complexity index is 1130. The summed E-state index contributed by atoms with van der Waals surface area (Å²) in [4.78, 5) is 17.5. The van der Waals surface area contributed by atoms with E-state index in [1.54, 1.807) is 0 Å². The second-order valence-corrected chi connectivity index (χ2v) is 8.38. The standard InChI is InChI=1S/C26H24N2O2S/c1-3-19-11-13-22(14-12-19)27-26-28-25(29)24(31-26)16-21-5-4-6-23(15-21)30-17-20-9-7-18(2)8-10-20/h4-16H,3,17H2,1-2H3,(H,27,28,29)/b24-16-. The van der Waals surface area contributed by atoms with Crippen molar-refractivity contribution in [3.63, 3.8) is 0 Å². The van der Waals surface area contributed by atoms with Crippen LogP contribution >= 0.6 is 11.8 Å². The highest BCUT2D eigenvalue weighted by molar-refractivity contribution is 8.18. The SMILES string of the molecule is CCc1ccc(N=C2NC(=O)/C(=C/c3cccc(OCc4ccc(C)cc4)c3)S2)cc1. The highest BCUT2D eigenvalue weighted by atomic mass is 32.2. The van der Waals surface area contributed by atoms with Gasteiger partial charge in [-0.3, -0.25) is 4.79 Å². The van der Waals surface area contributed by atoms with Gasteiger partial charge in [-0.15, -0.1) is 0 Å². The molecule has 0 aromatic heterocycles. The van der Waals surface area contributed by atoms with Crippen LogP contribution in [-0.4, -0.2) is 11.1 Å². The third-order valence-corrected chi connectivity index (χ3v) is 5.82. The summed E-state index contributed by atoms with van der Waals surface area (Å²) in [5, 5.41) is 3.43. The molecular weight excluding hydrogens is 404 g/mol. The number of rotatable bonds is 6. The maximum Gasteiger partial charge on any atom is 0.264 e. The lowest BCUT2D eigenvalue weighted by Crippen LogP contribution is -2.19. The smallest absolute Gasteiger partial charge is 0.264 e. The van der Waals surface area contributed by atoms with Gasteiger partial charge in [-0.1, -0.05) is 61.0 Å². The van der Waals surface area contributed by atoms with Crippen molar-refractivity contribution in [3.05, 3.63) is 100.0 Å². The molecule has 3 aromatic carbocycles. The molecule has 1 aliphatic rings. The summed E-state index contributed by atoms with van der Waals surface area (Å²) in [6, 6.07) is 24.1. The zero-order valence-electron chi connectivity index (χ0n) is 17.6. The maximum atomic E-state index is 12.4. The molecule has 4 rings (SSSR count). The van der Waals surface area contributed by atoms with E-state index in [0.717, 1.165) is 29.0 Å². The van der Waals surface area contributed by atoms with Crippen LogP contribution in [0.2, 0.25) is 0 Å². The minimum absolute atomic E-state index is 0.139. The quantitative estimate of drug-likeness (QED) is 0.488. The number of carbonyl (C=O) groups excluding carboxylic acids is 1. The number of nitrogens with zero attached hydrogens (tertiary/aromatic N) is 1. The normalized spacial score (nSPS) is 16.0. The number of hydrogen-bond donors (Lipinski definition) is 1. The van der Waals surface area contributed by atoms with Gasteiger partial charge < -0.3 is 10.1 Å². The van der Waals surface area contributed by atoms with Crippen molar-refractivity contribution in [2.75, 3.05) is 0 Å². The molecule has 0 unspecified atom stereocenters. The van der Waals surface area contributed by atoms with Gasteiger partial charge in [0.1, 0.15) is 12.4 Å². The lowest BCUT2D eigenvalue weighted by Gasteiger charge is -2.07. The molecular formula is C26H24N2O2S. The van der Waals surface area contributed by atoms with E-state index in [-0.39, 0.29) is 5.91 Å². The average molecular weight is 429 g/mol. The Balaban J connectivity index is 1.44. The molecule has 0 radical (unpaired) electrons. The summed E-state index contributed by atoms with van der Waals surface area (Å²) in [6.45, 7) is 4.69. The Hall–Kier alpha value is -3.31. The predicted octanol–water partition coefficient (Wildman–Crippen LogP) is 6.03. The van der Waals surface area contributed by atoms with Crippen LogP contribution in [0.25, 0.3) is 6.08 Å². The first-order chi connectivity index (χ1) is 15.1. The first-order valence-electron chi connectivity index (χ1n) is 10.3. The molecule has 3 aromatic rings. The van der Waals surface area contributed by atoms with Gasteiger partial charge in [0.15, 0.2) is 5.17 Å². The predicted molar refractivity (Wildman–Crippen MR) is 129 cm³/mol. The highest BCUT2D eigenvalue weighted by Crippen LogP contribution is 2.29. The molecule has 1 fully saturated rings. The van der Waals surface area contributed by atoms with Gasteiger partial charge in [0.05, 0.1) is 10.6 Å². The molecule has 156 valence electrons. The zero-order valence-corrected chi connectivity index (χ0v) is 18.4. The summed E-state index contributed by atoms with van der Waals surface area (Å²) in [7, 11) is 0. The Kier molecular flexibility index (Phi) is 6.53. The molecule has 1 saturated heterocycles. The first-order valence-corrected chi connectivity index (χ1v) is 11.1. The molecule has 4 nitrogen and oxygen atoms in total. The van der Waals surface area contributed by atoms with E-state index >= 15 is 0 Å². The fourth-order valence-electron chi connectivity index (χ4n) is 3.10. The summed E-state index contributed by atoms with van der Waals surface area (Å²) < 4.78 is 5.92. The zero-order chi connectivity index (χ0) is 21.6. The van der Waals surface area contributed by atoms with Gasteiger partial charge >= 0.3 is 0 Å². The van der Waals surface area contributed by atoms with Gasteiger partial charge in [0.2, 0.25) is 0 Å². The van der Waals surface area contributed by atoms with Crippen molar-refractivity contribution in [1.29, 1.82) is 0 Å². The second kappa shape index (κ2) is 9.67. The highest BCUT2D eigenvalue weighted by Gasteiger charge is 2.23. The minimum atomic E-state index is -0.139. The van der Waals surface area contributed by atoms with Gasteiger partial charge in [-0.25, -0.2) is 4.99 Å². The van der Waals surface area contributed by atoms with Crippen LogP contribution in [-0.2, 0) is 17.8 Å². The molecule has 0 atom stereocenters. The molecule has 1 amide bonds. The van der Waals surface area contributed by atoms with Crippen molar-refractivity contribution < 1.29 is 9.53 Å². The second-order valence-electron chi connectivity index (χ2n) is 7.35. The van der Waals surface area contributed by atoms with E-state index in [1.807, 2.05) is 42.5 Å². The molecule has 31 heavy (non-hydrogen) atoms. The van der Waals surface area contributed by atoms with Gasteiger partial charge in [-0.2, -0.15) is 0 Å². The minimum Gasteiger partial charge on any atom is -0.489 e. The third kappa shape index (κ3) is 5.64. The van der Waals surface area contributed by atoms with Crippen LogP contribution in [0.15, 0.2) is 82.7 Å². The van der Waals surface area contributed by atoms with Crippen LogP contribution in [0, 0.1) is 6.92 Å². The van der Waals surface area contributed by atoms with E-state index in [4.69, 9.17) is 4.74 Å². The molecule has 1 aliphatic heterocycles. The van der Waals surface area contributed by atoms with E-state index in [2.05, 4.69) is 60.6 Å². The number of nitrogens with one attached hydrogen (secondary N) is 1. The maximum absolute atomic E-state index is 12.4. The Morgan fingerprint density at radius 3 is 2.48 bits per heavy atom. The number of ether oxygens (including phenoxy) is 1. The number of thioether (sulfide) groups is 1. The molecule has 5 heteroatoms. The van der Waals surface area contributed by atoms with Crippen molar-refractivity contribution in [2.24, 2.45) is 4.99 Å². The number of amides is 1. The van der Waals surface area contributed by atoms with Crippen LogP contribution in [0.5, 0.6) is 5.75 Å². The lowest BCUT2D eigenvalue weighted by molar-refractivity contribution is -0.115. The fraction of sp³-hybridized carbons (Fsp3) is 0.154. The van der Waals surface area contributed by atoms with Crippen molar-refractivity contribution >= 4 is 34.6 Å². The fourth-order valence-corrected chi connectivity index (χ4v) is 3.94. The van der Waals surface area contributed by atoms with Crippen LogP contribution < -0.4 is 10.1 Å². The largest absolute Gasteiger partial charge is 0.489 e. The summed E-state index contributed by atoms with van der Waals surface area (Å²) in [5.41, 5.74) is 5.34. The van der Waals surface area contributed by atoms with Crippen molar-refractivity contribution in [2.45, 2.75) is 26.9 Å². The van der Waals surface area contributed by atoms with E-state index < -0.39 is 0 Å². The lowest BCUT2D eigenvalue weighted by atomic mass is 10.1. The number of carbonyl (C=O) groups is 1. The van der Waals surface area contributed by atoms with Crippen molar-refractivity contribution in [1.82, 2.24) is 5.32 Å². The monoisotopic (exact) mass is 428 g/mol. The topological polar surface area (TPSA) is 50.7 Å². The summed E-state index contributed by atoms with van der Waals surface area (Å²) >= 11 is 1.35. The molecule has 0 bridgehead atoms. The summed E-state index contributed by atoms with van der Waals surface area (Å²) in [5.74, 6) is 0.628. The first kappa shape index (κ1) is 20.9.